The van der Waals surface area contributed by atoms with E-state index in [0.717, 1.165) is 18.4 Å². The van der Waals surface area contributed by atoms with E-state index < -0.39 is 5.97 Å². The summed E-state index contributed by atoms with van der Waals surface area (Å²) in [5, 5.41) is 12.0. The van der Waals surface area contributed by atoms with Crippen LogP contribution in [-0.2, 0) is 16.8 Å². The van der Waals surface area contributed by atoms with Crippen molar-refractivity contribution in [1.82, 2.24) is 5.32 Å². The lowest BCUT2D eigenvalue weighted by Gasteiger charge is -2.18. The van der Waals surface area contributed by atoms with Crippen LogP contribution in [-0.4, -0.2) is 17.0 Å². The van der Waals surface area contributed by atoms with Gasteiger partial charge in [0, 0.05) is 6.42 Å². The van der Waals surface area contributed by atoms with E-state index >= 15 is 0 Å². The highest BCUT2D eigenvalue weighted by Gasteiger charge is 2.45. The fraction of sp³-hybridized carbons (Fsp3) is 0.263. The molecule has 0 aromatic heterocycles. The molecule has 1 fully saturated rings. The van der Waals surface area contributed by atoms with E-state index in [0.29, 0.717) is 12.8 Å². The third-order valence-electron chi connectivity index (χ3n) is 4.30. The minimum absolute atomic E-state index is 0.0358. The Hall–Kier alpha value is -2.62. The summed E-state index contributed by atoms with van der Waals surface area (Å²) in [7, 11) is 0. The lowest BCUT2D eigenvalue weighted by molar-refractivity contribution is -0.122. The van der Waals surface area contributed by atoms with Crippen LogP contribution in [0.15, 0.2) is 54.6 Å². The van der Waals surface area contributed by atoms with Gasteiger partial charge in [-0.05, 0) is 42.5 Å². The Labute approximate surface area is 135 Å². The maximum atomic E-state index is 12.2. The van der Waals surface area contributed by atoms with E-state index in [-0.39, 0.29) is 17.0 Å². The first-order chi connectivity index (χ1) is 11.1. The van der Waals surface area contributed by atoms with Crippen LogP contribution in [0.3, 0.4) is 0 Å². The Morgan fingerprint density at radius 2 is 1.65 bits per heavy atom. The first-order valence-corrected chi connectivity index (χ1v) is 7.78. The average molecular weight is 309 g/mol. The quantitative estimate of drug-likeness (QED) is 0.861. The number of aryl methyl sites for hydroxylation is 1. The summed E-state index contributed by atoms with van der Waals surface area (Å²) in [6.07, 6.45) is 2.98. The van der Waals surface area contributed by atoms with E-state index in [1.165, 1.54) is 5.56 Å². The van der Waals surface area contributed by atoms with Gasteiger partial charge >= 0.3 is 5.97 Å². The van der Waals surface area contributed by atoms with E-state index in [1.54, 1.807) is 24.3 Å². The molecular weight excluding hydrogens is 290 g/mol. The van der Waals surface area contributed by atoms with Crippen molar-refractivity contribution in [3.8, 4) is 0 Å². The Morgan fingerprint density at radius 3 is 2.22 bits per heavy atom. The van der Waals surface area contributed by atoms with Gasteiger partial charge in [0.15, 0.2) is 0 Å². The number of carboxylic acid groups (broad SMARTS) is 1. The zero-order chi connectivity index (χ0) is 16.3. The van der Waals surface area contributed by atoms with Crippen LogP contribution < -0.4 is 5.32 Å². The Balaban J connectivity index is 1.55. The van der Waals surface area contributed by atoms with Gasteiger partial charge in [-0.1, -0.05) is 42.5 Å². The minimum Gasteiger partial charge on any atom is -0.478 e. The molecule has 0 bridgehead atoms. The molecule has 1 amide bonds. The van der Waals surface area contributed by atoms with Crippen LogP contribution in [0.5, 0.6) is 0 Å². The largest absolute Gasteiger partial charge is 0.478 e. The second kappa shape index (κ2) is 6.24. The second-order valence-corrected chi connectivity index (χ2v) is 6.00. The summed E-state index contributed by atoms with van der Waals surface area (Å²) in [5.41, 5.74) is 2.22. The van der Waals surface area contributed by atoms with Crippen molar-refractivity contribution in [2.75, 3.05) is 0 Å². The van der Waals surface area contributed by atoms with Crippen LogP contribution in [0.2, 0.25) is 0 Å². The van der Waals surface area contributed by atoms with Crippen LogP contribution in [0.1, 0.15) is 40.7 Å². The summed E-state index contributed by atoms with van der Waals surface area (Å²) in [6, 6.07) is 16.7. The number of nitrogens with one attached hydrogen (secondary N) is 1. The van der Waals surface area contributed by atoms with Crippen molar-refractivity contribution in [2.24, 2.45) is 0 Å². The molecule has 0 aliphatic heterocycles. The van der Waals surface area contributed by atoms with Gasteiger partial charge in [0.05, 0.1) is 11.1 Å². The lowest BCUT2D eigenvalue weighted by Crippen LogP contribution is -2.34. The number of rotatable bonds is 6. The molecular formula is C19H19NO3. The van der Waals surface area contributed by atoms with Gasteiger partial charge in [0.2, 0.25) is 5.91 Å². The molecule has 1 aliphatic rings. The third-order valence-corrected chi connectivity index (χ3v) is 4.30. The fourth-order valence-electron chi connectivity index (χ4n) is 2.77. The zero-order valence-corrected chi connectivity index (χ0v) is 12.8. The number of benzene rings is 2. The van der Waals surface area contributed by atoms with Crippen LogP contribution in [0.4, 0.5) is 0 Å². The number of carbonyl (C=O) groups is 2. The maximum absolute atomic E-state index is 12.2. The molecule has 0 atom stereocenters. The molecule has 1 saturated carbocycles. The van der Waals surface area contributed by atoms with Gasteiger partial charge in [-0.3, -0.25) is 4.79 Å². The molecule has 0 heterocycles. The number of carboxylic acids is 1. The first-order valence-electron chi connectivity index (χ1n) is 7.78. The maximum Gasteiger partial charge on any atom is 0.335 e. The summed E-state index contributed by atoms with van der Waals surface area (Å²) >= 11 is 0. The molecule has 2 aromatic carbocycles. The van der Waals surface area contributed by atoms with Gasteiger partial charge < -0.3 is 10.4 Å². The molecule has 2 aromatic rings. The highest BCUT2D eigenvalue weighted by molar-refractivity contribution is 5.87. The normalized spacial score (nSPS) is 15.0. The van der Waals surface area contributed by atoms with Crippen molar-refractivity contribution >= 4 is 11.9 Å². The van der Waals surface area contributed by atoms with Crippen LogP contribution in [0.25, 0.3) is 0 Å². The fourth-order valence-corrected chi connectivity index (χ4v) is 2.77. The number of amides is 1. The van der Waals surface area contributed by atoms with E-state index in [1.807, 2.05) is 18.2 Å². The van der Waals surface area contributed by atoms with Gasteiger partial charge in [0.25, 0.3) is 0 Å². The van der Waals surface area contributed by atoms with E-state index in [9.17, 15) is 9.59 Å². The SMILES string of the molecule is O=C(CCc1ccc(C(=O)O)cc1)NC1(c2ccccc2)CC1. The average Bonchev–Trinajstić information content (AvgIpc) is 3.35. The Morgan fingerprint density at radius 1 is 1.00 bits per heavy atom. The predicted octanol–water partition coefficient (Wildman–Crippen LogP) is 3.12. The molecule has 0 radical (unpaired) electrons. The van der Waals surface area contributed by atoms with Crippen LogP contribution >= 0.6 is 0 Å². The summed E-state index contributed by atoms with van der Waals surface area (Å²) in [6.45, 7) is 0. The van der Waals surface area contributed by atoms with Crippen molar-refractivity contribution in [1.29, 1.82) is 0 Å². The van der Waals surface area contributed by atoms with Gasteiger partial charge in [-0.15, -0.1) is 0 Å². The summed E-state index contributed by atoms with van der Waals surface area (Å²) in [5.74, 6) is -0.901. The predicted molar refractivity (Wildman–Crippen MR) is 87.2 cm³/mol. The molecule has 4 nitrogen and oxygen atoms in total. The lowest BCUT2D eigenvalue weighted by atomic mass is 10.0. The first kappa shape index (κ1) is 15.3. The molecule has 1 aliphatic carbocycles. The standard InChI is InChI=1S/C19H19NO3/c21-17(11-8-14-6-9-15(10-7-14)18(22)23)20-19(12-13-19)16-4-2-1-3-5-16/h1-7,9-10H,8,11-13H2,(H,20,21)(H,22,23). The van der Waals surface area contributed by atoms with Crippen molar-refractivity contribution in [3.63, 3.8) is 0 Å². The molecule has 0 unspecified atom stereocenters. The molecule has 2 N–H and O–H groups in total. The van der Waals surface area contributed by atoms with Gasteiger partial charge in [-0.2, -0.15) is 0 Å². The van der Waals surface area contributed by atoms with Crippen molar-refractivity contribution in [2.45, 2.75) is 31.2 Å². The second-order valence-electron chi connectivity index (χ2n) is 6.00. The number of hydrogen-bond acceptors (Lipinski definition) is 2. The summed E-state index contributed by atoms with van der Waals surface area (Å²) in [4.78, 5) is 23.0. The molecule has 3 rings (SSSR count). The molecule has 4 heteroatoms. The van der Waals surface area contributed by atoms with E-state index in [2.05, 4.69) is 17.4 Å². The Kier molecular flexibility index (Phi) is 4.15. The van der Waals surface area contributed by atoms with Gasteiger partial charge in [0.1, 0.15) is 0 Å². The van der Waals surface area contributed by atoms with Gasteiger partial charge in [-0.25, -0.2) is 4.79 Å². The highest BCUT2D eigenvalue weighted by atomic mass is 16.4. The molecule has 0 spiro atoms. The smallest absolute Gasteiger partial charge is 0.335 e. The number of hydrogen-bond donors (Lipinski definition) is 2. The highest BCUT2D eigenvalue weighted by Crippen LogP contribution is 2.45. The topological polar surface area (TPSA) is 66.4 Å². The molecule has 23 heavy (non-hydrogen) atoms. The zero-order valence-electron chi connectivity index (χ0n) is 12.8. The van der Waals surface area contributed by atoms with Crippen LogP contribution in [0, 0.1) is 0 Å². The van der Waals surface area contributed by atoms with Crippen molar-refractivity contribution < 1.29 is 14.7 Å². The minimum atomic E-state index is -0.937. The monoisotopic (exact) mass is 309 g/mol. The molecule has 118 valence electrons. The summed E-state index contributed by atoms with van der Waals surface area (Å²) < 4.78 is 0. The number of carbonyl (C=O) groups excluding carboxylic acids is 1. The molecule has 0 saturated heterocycles. The third kappa shape index (κ3) is 3.59. The Bertz CT molecular complexity index is 703. The van der Waals surface area contributed by atoms with Crippen molar-refractivity contribution in [3.05, 3.63) is 71.3 Å². The number of aromatic carboxylic acids is 1. The van der Waals surface area contributed by atoms with E-state index in [4.69, 9.17) is 5.11 Å².